The Kier molecular flexibility index (Phi) is 7.32. The number of carboxylic acid groups (broad SMARTS) is 1. The molecule has 132 valence electrons. The first kappa shape index (κ1) is 19.6. The topological polar surface area (TPSA) is 82.8 Å². The van der Waals surface area contributed by atoms with Gasteiger partial charge in [-0.3, -0.25) is 9.98 Å². The third-order valence-corrected chi connectivity index (χ3v) is 3.82. The molecule has 3 aromatic rings. The molecule has 0 unspecified atom stereocenters. The van der Waals surface area contributed by atoms with Crippen molar-refractivity contribution in [3.05, 3.63) is 87.6 Å². The van der Waals surface area contributed by atoms with Gasteiger partial charge < -0.3 is 10.2 Å². The molecule has 26 heavy (non-hydrogen) atoms. The number of carbonyl (C=O) groups is 1. The number of benzene rings is 2. The second kappa shape index (κ2) is 9.70. The largest absolute Gasteiger partial charge is 0.507 e. The van der Waals surface area contributed by atoms with Gasteiger partial charge in [0.15, 0.2) is 0 Å². The molecule has 7 heteroatoms. The Balaban J connectivity index is 0.000000209. The molecule has 0 aliphatic heterocycles. The van der Waals surface area contributed by atoms with E-state index < -0.39 is 5.97 Å². The summed E-state index contributed by atoms with van der Waals surface area (Å²) in [4.78, 5) is 18.4. The second-order valence-corrected chi connectivity index (χ2v) is 6.34. The highest BCUT2D eigenvalue weighted by Gasteiger charge is 1.99. The third-order valence-electron chi connectivity index (χ3n) is 3.08. The lowest BCUT2D eigenvalue weighted by Crippen LogP contribution is -1.94. The SMILES string of the molecule is O=C(O)c1ccc(Cl)cc1.Oc1ccc(Br)cc1C=Nc1cccnc1. The average Bonchev–Trinajstić information content (AvgIpc) is 2.64. The number of halogens is 2. The number of pyridine rings is 1. The van der Waals surface area contributed by atoms with Crippen molar-refractivity contribution in [2.75, 3.05) is 0 Å². The Labute approximate surface area is 163 Å². The van der Waals surface area contributed by atoms with Crippen LogP contribution in [-0.2, 0) is 0 Å². The van der Waals surface area contributed by atoms with E-state index in [4.69, 9.17) is 16.7 Å². The van der Waals surface area contributed by atoms with Crippen LogP contribution in [0.1, 0.15) is 15.9 Å². The number of nitrogens with zero attached hydrogens (tertiary/aromatic N) is 2. The fraction of sp³-hybridized carbons (Fsp3) is 0. The first-order chi connectivity index (χ1) is 12.5. The quantitative estimate of drug-likeness (QED) is 0.546. The van der Waals surface area contributed by atoms with Crippen molar-refractivity contribution in [2.24, 2.45) is 4.99 Å². The molecular formula is C19H14BrClN2O3. The zero-order valence-corrected chi connectivity index (χ0v) is 15.7. The molecule has 0 fully saturated rings. The van der Waals surface area contributed by atoms with Crippen molar-refractivity contribution in [1.82, 2.24) is 4.98 Å². The van der Waals surface area contributed by atoms with Crippen molar-refractivity contribution in [1.29, 1.82) is 0 Å². The molecule has 0 aliphatic carbocycles. The summed E-state index contributed by atoms with van der Waals surface area (Å²) < 4.78 is 0.901. The predicted octanol–water partition coefficient (Wildman–Crippen LogP) is 5.34. The second-order valence-electron chi connectivity index (χ2n) is 4.98. The monoisotopic (exact) mass is 432 g/mol. The summed E-state index contributed by atoms with van der Waals surface area (Å²) in [7, 11) is 0. The number of aromatic carboxylic acids is 1. The normalized spacial score (nSPS) is 10.2. The lowest BCUT2D eigenvalue weighted by Gasteiger charge is -1.98. The molecule has 1 aromatic heterocycles. The van der Waals surface area contributed by atoms with Crippen LogP contribution < -0.4 is 0 Å². The maximum atomic E-state index is 10.3. The standard InChI is InChI=1S/C12H9BrN2O.C7H5ClO2/c13-10-3-4-12(16)9(6-10)7-15-11-2-1-5-14-8-11;8-6-3-1-5(2-4-6)7(9)10/h1-8,16H;1-4H,(H,9,10). The van der Waals surface area contributed by atoms with Gasteiger partial charge in [-0.15, -0.1) is 0 Å². The van der Waals surface area contributed by atoms with Crippen LogP contribution in [0.3, 0.4) is 0 Å². The summed E-state index contributed by atoms with van der Waals surface area (Å²) in [5.41, 5.74) is 1.67. The molecule has 0 aliphatic rings. The van der Waals surface area contributed by atoms with Crippen molar-refractivity contribution < 1.29 is 15.0 Å². The van der Waals surface area contributed by atoms with E-state index in [1.807, 2.05) is 12.1 Å². The first-order valence-corrected chi connectivity index (χ1v) is 8.54. The minimum absolute atomic E-state index is 0.204. The minimum Gasteiger partial charge on any atom is -0.507 e. The Morgan fingerprint density at radius 2 is 1.88 bits per heavy atom. The lowest BCUT2D eigenvalue weighted by atomic mass is 10.2. The molecule has 1 heterocycles. The Bertz CT molecular complexity index is 900. The van der Waals surface area contributed by atoms with Crippen LogP contribution >= 0.6 is 27.5 Å². The van der Waals surface area contributed by atoms with Gasteiger partial charge >= 0.3 is 5.97 Å². The Morgan fingerprint density at radius 3 is 2.50 bits per heavy atom. The van der Waals surface area contributed by atoms with Crippen LogP contribution in [0.15, 0.2) is 76.5 Å². The van der Waals surface area contributed by atoms with Gasteiger partial charge in [0.25, 0.3) is 0 Å². The average molecular weight is 434 g/mol. The molecule has 2 N–H and O–H groups in total. The van der Waals surface area contributed by atoms with E-state index in [0.29, 0.717) is 10.6 Å². The van der Waals surface area contributed by atoms with Crippen molar-refractivity contribution in [2.45, 2.75) is 0 Å². The summed E-state index contributed by atoms with van der Waals surface area (Å²) in [6, 6.07) is 14.9. The van der Waals surface area contributed by atoms with E-state index >= 15 is 0 Å². The maximum Gasteiger partial charge on any atom is 0.335 e. The van der Waals surface area contributed by atoms with Crippen molar-refractivity contribution in [3.63, 3.8) is 0 Å². The van der Waals surface area contributed by atoms with Crippen LogP contribution in [0.4, 0.5) is 5.69 Å². The Morgan fingerprint density at radius 1 is 1.15 bits per heavy atom. The number of hydrogen-bond donors (Lipinski definition) is 2. The summed E-state index contributed by atoms with van der Waals surface area (Å²) >= 11 is 8.86. The summed E-state index contributed by atoms with van der Waals surface area (Å²) in [5.74, 6) is -0.729. The number of aromatic nitrogens is 1. The van der Waals surface area contributed by atoms with E-state index in [1.54, 1.807) is 48.9 Å². The number of phenolic OH excluding ortho intramolecular Hbond substituents is 1. The summed E-state index contributed by atoms with van der Waals surface area (Å²) in [6.45, 7) is 0. The highest BCUT2D eigenvalue weighted by Crippen LogP contribution is 2.21. The van der Waals surface area contributed by atoms with Crippen molar-refractivity contribution >= 4 is 45.4 Å². The number of hydrogen-bond acceptors (Lipinski definition) is 4. The lowest BCUT2D eigenvalue weighted by molar-refractivity contribution is 0.0697. The van der Waals surface area contributed by atoms with E-state index in [0.717, 1.165) is 10.2 Å². The van der Waals surface area contributed by atoms with Gasteiger partial charge in [-0.05, 0) is 54.6 Å². The zero-order chi connectivity index (χ0) is 18.9. The van der Waals surface area contributed by atoms with Gasteiger partial charge in [0.05, 0.1) is 17.4 Å². The van der Waals surface area contributed by atoms with Gasteiger partial charge in [0, 0.05) is 27.5 Å². The fourth-order valence-electron chi connectivity index (χ4n) is 1.80. The number of aromatic hydroxyl groups is 1. The van der Waals surface area contributed by atoms with Crippen LogP contribution in [0, 0.1) is 0 Å². The molecule has 0 saturated carbocycles. The third kappa shape index (κ3) is 6.31. The van der Waals surface area contributed by atoms with Crippen molar-refractivity contribution in [3.8, 4) is 5.75 Å². The van der Waals surface area contributed by atoms with E-state index in [9.17, 15) is 9.90 Å². The number of phenols is 1. The van der Waals surface area contributed by atoms with Gasteiger partial charge in [0.2, 0.25) is 0 Å². The molecule has 0 radical (unpaired) electrons. The van der Waals surface area contributed by atoms with E-state index in [2.05, 4.69) is 25.9 Å². The zero-order valence-electron chi connectivity index (χ0n) is 13.4. The predicted molar refractivity (Wildman–Crippen MR) is 106 cm³/mol. The summed E-state index contributed by atoms with van der Waals surface area (Å²) in [6.07, 6.45) is 4.96. The van der Waals surface area contributed by atoms with Gasteiger partial charge in [-0.1, -0.05) is 27.5 Å². The Hall–Kier alpha value is -2.70. The molecule has 0 atom stereocenters. The van der Waals surface area contributed by atoms with E-state index in [1.165, 1.54) is 12.1 Å². The van der Waals surface area contributed by atoms with Gasteiger partial charge in [-0.25, -0.2) is 4.79 Å². The maximum absolute atomic E-state index is 10.3. The molecule has 2 aromatic carbocycles. The molecule has 0 spiro atoms. The molecule has 0 bridgehead atoms. The van der Waals surface area contributed by atoms with Crippen LogP contribution in [0.2, 0.25) is 5.02 Å². The van der Waals surface area contributed by atoms with E-state index in [-0.39, 0.29) is 11.3 Å². The van der Waals surface area contributed by atoms with Gasteiger partial charge in [-0.2, -0.15) is 0 Å². The number of rotatable bonds is 3. The smallest absolute Gasteiger partial charge is 0.335 e. The number of aliphatic imine (C=N–C) groups is 1. The van der Waals surface area contributed by atoms with Crippen LogP contribution in [0.5, 0.6) is 5.75 Å². The molecular weight excluding hydrogens is 420 g/mol. The fourth-order valence-corrected chi connectivity index (χ4v) is 2.30. The van der Waals surface area contributed by atoms with Crippen LogP contribution in [-0.4, -0.2) is 27.4 Å². The minimum atomic E-state index is -0.934. The highest BCUT2D eigenvalue weighted by molar-refractivity contribution is 9.10. The van der Waals surface area contributed by atoms with Crippen LogP contribution in [0.25, 0.3) is 0 Å². The molecule has 3 rings (SSSR count). The number of carboxylic acids is 1. The highest BCUT2D eigenvalue weighted by atomic mass is 79.9. The summed E-state index contributed by atoms with van der Waals surface area (Å²) in [5, 5.41) is 18.6. The van der Waals surface area contributed by atoms with Gasteiger partial charge in [0.1, 0.15) is 5.75 Å². The molecule has 5 nitrogen and oxygen atoms in total. The molecule has 0 amide bonds. The molecule has 0 saturated heterocycles. The first-order valence-electron chi connectivity index (χ1n) is 7.37.